The number of morpholine rings is 1. The van der Waals surface area contributed by atoms with E-state index in [1.165, 1.54) is 0 Å². The molecule has 1 aromatic rings. The highest BCUT2D eigenvalue weighted by atomic mass is 127. The molecule has 1 fully saturated rings. The maximum absolute atomic E-state index is 12.1. The Kier molecular flexibility index (Phi) is 13.1. The molecule has 0 aliphatic carbocycles. The van der Waals surface area contributed by atoms with E-state index in [2.05, 4.69) is 37.4 Å². The first kappa shape index (κ1) is 27.7. The Morgan fingerprint density at radius 1 is 1.19 bits per heavy atom. The monoisotopic (exact) mass is 560 g/mol. The quantitative estimate of drug-likeness (QED) is 0.199. The second-order valence-corrected chi connectivity index (χ2v) is 6.84. The van der Waals surface area contributed by atoms with Crippen molar-refractivity contribution in [2.24, 2.45) is 4.99 Å². The number of hydrogen-bond acceptors (Lipinski definition) is 5. The smallest absolute Gasteiger partial charge is 0.411 e. The predicted octanol–water partition coefficient (Wildman–Crippen LogP) is 2.82. The van der Waals surface area contributed by atoms with Gasteiger partial charge in [-0.25, -0.2) is 0 Å². The Morgan fingerprint density at radius 2 is 1.87 bits per heavy atom. The van der Waals surface area contributed by atoms with Crippen LogP contribution >= 0.6 is 24.0 Å². The third kappa shape index (κ3) is 10.7. The van der Waals surface area contributed by atoms with Gasteiger partial charge in [0.15, 0.2) is 5.96 Å². The second kappa shape index (κ2) is 14.7. The first-order chi connectivity index (χ1) is 14.4. The molecular weight excluding hydrogens is 528 g/mol. The molecule has 178 valence electrons. The SMILES string of the molecule is CN=C(NCCCOCC(F)(F)F)NCC(c1ccc(OC)cc1)N1CCOCC1.I. The highest BCUT2D eigenvalue weighted by molar-refractivity contribution is 14.0. The number of ether oxygens (including phenoxy) is 3. The van der Waals surface area contributed by atoms with Crippen LogP contribution in [-0.4, -0.2) is 83.8 Å². The third-order valence-electron chi connectivity index (χ3n) is 4.70. The number of alkyl halides is 3. The Hall–Kier alpha value is -1.31. The summed E-state index contributed by atoms with van der Waals surface area (Å²) in [5.74, 6) is 1.40. The molecule has 11 heteroatoms. The van der Waals surface area contributed by atoms with Gasteiger partial charge in [-0.05, 0) is 24.1 Å². The molecule has 0 spiro atoms. The minimum absolute atomic E-state index is 0. The average molecular weight is 560 g/mol. The number of halogens is 4. The summed E-state index contributed by atoms with van der Waals surface area (Å²) in [6.07, 6.45) is -3.84. The molecule has 31 heavy (non-hydrogen) atoms. The lowest BCUT2D eigenvalue weighted by Gasteiger charge is -2.35. The molecule has 0 radical (unpaired) electrons. The van der Waals surface area contributed by atoms with Crippen LogP contribution in [0.1, 0.15) is 18.0 Å². The summed E-state index contributed by atoms with van der Waals surface area (Å²) >= 11 is 0. The summed E-state index contributed by atoms with van der Waals surface area (Å²) in [7, 11) is 3.30. The van der Waals surface area contributed by atoms with E-state index in [0.29, 0.717) is 38.7 Å². The lowest BCUT2D eigenvalue weighted by Crippen LogP contribution is -2.46. The topological polar surface area (TPSA) is 67.4 Å². The van der Waals surface area contributed by atoms with Gasteiger partial charge in [-0.1, -0.05) is 12.1 Å². The minimum Gasteiger partial charge on any atom is -0.497 e. The maximum atomic E-state index is 12.1. The fraction of sp³-hybridized carbons (Fsp3) is 0.650. The molecule has 0 bridgehead atoms. The van der Waals surface area contributed by atoms with E-state index >= 15 is 0 Å². The Balaban J connectivity index is 0.00000480. The number of rotatable bonds is 10. The highest BCUT2D eigenvalue weighted by Gasteiger charge is 2.27. The maximum Gasteiger partial charge on any atom is 0.411 e. The predicted molar refractivity (Wildman–Crippen MR) is 124 cm³/mol. The number of guanidine groups is 1. The second-order valence-electron chi connectivity index (χ2n) is 6.84. The van der Waals surface area contributed by atoms with Crippen LogP contribution in [0.15, 0.2) is 29.3 Å². The van der Waals surface area contributed by atoms with E-state index in [0.717, 1.165) is 24.4 Å². The fourth-order valence-corrected chi connectivity index (χ4v) is 3.16. The largest absolute Gasteiger partial charge is 0.497 e. The van der Waals surface area contributed by atoms with E-state index in [-0.39, 0.29) is 36.6 Å². The molecule has 1 saturated heterocycles. The lowest BCUT2D eigenvalue weighted by atomic mass is 10.0. The van der Waals surface area contributed by atoms with Crippen LogP contribution in [0.2, 0.25) is 0 Å². The Labute approximate surface area is 198 Å². The van der Waals surface area contributed by atoms with Gasteiger partial charge >= 0.3 is 6.18 Å². The molecule has 2 rings (SSSR count). The first-order valence-corrected chi connectivity index (χ1v) is 9.97. The van der Waals surface area contributed by atoms with Gasteiger partial charge in [-0.3, -0.25) is 9.89 Å². The van der Waals surface area contributed by atoms with Crippen LogP contribution in [0.5, 0.6) is 5.75 Å². The van der Waals surface area contributed by atoms with Crippen molar-refractivity contribution in [3.05, 3.63) is 29.8 Å². The molecule has 0 amide bonds. The van der Waals surface area contributed by atoms with Crippen LogP contribution in [0.25, 0.3) is 0 Å². The van der Waals surface area contributed by atoms with E-state index in [9.17, 15) is 13.2 Å². The zero-order chi connectivity index (χ0) is 21.8. The van der Waals surface area contributed by atoms with Gasteiger partial charge in [0, 0.05) is 39.8 Å². The molecule has 1 atom stereocenters. The molecule has 1 aromatic carbocycles. The number of aliphatic imine (C=N–C) groups is 1. The molecule has 7 nitrogen and oxygen atoms in total. The Bertz CT molecular complexity index is 642. The van der Waals surface area contributed by atoms with Crippen LogP contribution in [0.4, 0.5) is 13.2 Å². The lowest BCUT2D eigenvalue weighted by molar-refractivity contribution is -0.173. The molecule has 1 aliphatic rings. The number of benzene rings is 1. The summed E-state index contributed by atoms with van der Waals surface area (Å²) in [6.45, 7) is 2.95. The number of methoxy groups -OCH3 is 1. The van der Waals surface area contributed by atoms with E-state index in [1.807, 2.05) is 12.1 Å². The van der Waals surface area contributed by atoms with Crippen molar-refractivity contribution >= 4 is 29.9 Å². The van der Waals surface area contributed by atoms with Gasteiger partial charge in [0.25, 0.3) is 0 Å². The highest BCUT2D eigenvalue weighted by Crippen LogP contribution is 2.23. The Morgan fingerprint density at radius 3 is 2.45 bits per heavy atom. The van der Waals surface area contributed by atoms with E-state index in [4.69, 9.17) is 9.47 Å². The van der Waals surface area contributed by atoms with E-state index in [1.54, 1.807) is 14.2 Å². The summed E-state index contributed by atoms with van der Waals surface area (Å²) in [6, 6.07) is 8.10. The third-order valence-corrected chi connectivity index (χ3v) is 4.70. The fourth-order valence-electron chi connectivity index (χ4n) is 3.16. The molecule has 2 N–H and O–H groups in total. The molecule has 1 heterocycles. The summed E-state index contributed by atoms with van der Waals surface area (Å²) in [5.41, 5.74) is 1.15. The average Bonchev–Trinajstić information content (AvgIpc) is 2.75. The van der Waals surface area contributed by atoms with Crippen LogP contribution < -0.4 is 15.4 Å². The van der Waals surface area contributed by atoms with Crippen molar-refractivity contribution in [3.8, 4) is 5.75 Å². The van der Waals surface area contributed by atoms with Crippen molar-refractivity contribution in [2.75, 3.05) is 66.8 Å². The molecule has 0 saturated carbocycles. The van der Waals surface area contributed by atoms with Crippen molar-refractivity contribution in [2.45, 2.75) is 18.6 Å². The zero-order valence-electron chi connectivity index (χ0n) is 17.9. The molecule has 1 aliphatic heterocycles. The van der Waals surface area contributed by atoms with Crippen molar-refractivity contribution in [1.29, 1.82) is 0 Å². The summed E-state index contributed by atoms with van der Waals surface area (Å²) < 4.78 is 51.6. The standard InChI is InChI=1S/C20H31F3N4O3.HI/c1-24-19(25-8-3-11-30-15-20(21,22)23)26-14-18(27-9-12-29-13-10-27)16-4-6-17(28-2)7-5-16;/h4-7,18H,3,8-15H2,1-2H3,(H2,24,25,26);1H. The van der Waals surface area contributed by atoms with Gasteiger partial charge in [-0.2, -0.15) is 13.2 Å². The molecule has 0 aromatic heterocycles. The van der Waals surface area contributed by atoms with Crippen LogP contribution in [0.3, 0.4) is 0 Å². The van der Waals surface area contributed by atoms with Crippen molar-refractivity contribution in [3.63, 3.8) is 0 Å². The number of nitrogens with one attached hydrogen (secondary N) is 2. The van der Waals surface area contributed by atoms with Crippen molar-refractivity contribution in [1.82, 2.24) is 15.5 Å². The van der Waals surface area contributed by atoms with Crippen LogP contribution in [-0.2, 0) is 9.47 Å². The summed E-state index contributed by atoms with van der Waals surface area (Å²) in [4.78, 5) is 6.55. The van der Waals surface area contributed by atoms with Gasteiger partial charge in [0.1, 0.15) is 12.4 Å². The number of nitrogens with zero attached hydrogens (tertiary/aromatic N) is 2. The van der Waals surface area contributed by atoms with E-state index < -0.39 is 12.8 Å². The zero-order valence-corrected chi connectivity index (χ0v) is 20.2. The van der Waals surface area contributed by atoms with Gasteiger partial charge < -0.3 is 24.8 Å². The van der Waals surface area contributed by atoms with Crippen LogP contribution in [0, 0.1) is 0 Å². The van der Waals surface area contributed by atoms with Crippen molar-refractivity contribution < 1.29 is 27.4 Å². The minimum atomic E-state index is -4.29. The molecular formula is C20H32F3IN4O3. The summed E-state index contributed by atoms with van der Waals surface area (Å²) in [5, 5.41) is 6.42. The van der Waals surface area contributed by atoms with Gasteiger partial charge in [-0.15, -0.1) is 24.0 Å². The normalized spacial score (nSPS) is 16.4. The number of hydrogen-bond donors (Lipinski definition) is 2. The van der Waals surface area contributed by atoms with Gasteiger partial charge in [0.05, 0.1) is 26.4 Å². The van der Waals surface area contributed by atoms with Gasteiger partial charge in [0.2, 0.25) is 0 Å². The molecule has 1 unspecified atom stereocenters. The first-order valence-electron chi connectivity index (χ1n) is 9.97.